The van der Waals surface area contributed by atoms with Crippen molar-refractivity contribution in [3.63, 3.8) is 0 Å². The number of hydrogen-bond acceptors (Lipinski definition) is 4. The highest BCUT2D eigenvalue weighted by Gasteiger charge is 2.06. The number of ether oxygens (including phenoxy) is 1. The summed E-state index contributed by atoms with van der Waals surface area (Å²) in [6.45, 7) is 6.88. The number of nitrogens with one attached hydrogen (secondary N) is 1. The van der Waals surface area contributed by atoms with Gasteiger partial charge in [0.1, 0.15) is 0 Å². The van der Waals surface area contributed by atoms with Gasteiger partial charge in [-0.25, -0.2) is 4.79 Å². The van der Waals surface area contributed by atoms with Crippen LogP contribution in [0.15, 0.2) is 36.7 Å². The Labute approximate surface area is 95.3 Å². The number of carbonyl (C=O) groups excluding carboxylic acids is 1. The predicted octanol–water partition coefficient (Wildman–Crippen LogP) is 1.29. The minimum absolute atomic E-state index is 0.346. The number of pyridine rings is 1. The molecule has 16 heavy (non-hydrogen) atoms. The lowest BCUT2D eigenvalue weighted by atomic mass is 10.2. The van der Waals surface area contributed by atoms with Crippen LogP contribution in [0, 0.1) is 0 Å². The number of aromatic nitrogens is 1. The van der Waals surface area contributed by atoms with E-state index in [1.165, 1.54) is 0 Å². The van der Waals surface area contributed by atoms with Crippen LogP contribution >= 0.6 is 0 Å². The van der Waals surface area contributed by atoms with Crippen molar-refractivity contribution in [1.82, 2.24) is 10.3 Å². The highest BCUT2D eigenvalue weighted by molar-refractivity contribution is 5.88. The topological polar surface area (TPSA) is 51.2 Å². The van der Waals surface area contributed by atoms with Crippen molar-refractivity contribution in [1.29, 1.82) is 0 Å². The molecule has 0 spiro atoms. The first-order valence-electron chi connectivity index (χ1n) is 5.18. The Kier molecular flexibility index (Phi) is 5.22. The van der Waals surface area contributed by atoms with Crippen molar-refractivity contribution in [3.05, 3.63) is 42.2 Å². The van der Waals surface area contributed by atoms with Gasteiger partial charge in [0.05, 0.1) is 6.61 Å². The Morgan fingerprint density at radius 3 is 3.06 bits per heavy atom. The quantitative estimate of drug-likeness (QED) is 0.580. The summed E-state index contributed by atoms with van der Waals surface area (Å²) in [7, 11) is 0. The van der Waals surface area contributed by atoms with E-state index in [0.717, 1.165) is 5.56 Å². The fourth-order valence-electron chi connectivity index (χ4n) is 1.17. The van der Waals surface area contributed by atoms with E-state index in [-0.39, 0.29) is 5.97 Å². The molecule has 1 aromatic rings. The van der Waals surface area contributed by atoms with Gasteiger partial charge in [-0.3, -0.25) is 4.98 Å². The zero-order chi connectivity index (χ0) is 11.8. The Balaban J connectivity index is 2.26. The van der Waals surface area contributed by atoms with Gasteiger partial charge >= 0.3 is 5.97 Å². The smallest absolute Gasteiger partial charge is 0.334 e. The van der Waals surface area contributed by atoms with Gasteiger partial charge in [0.15, 0.2) is 0 Å². The number of hydrogen-bond donors (Lipinski definition) is 1. The molecule has 1 heterocycles. The van der Waals surface area contributed by atoms with Gasteiger partial charge in [0.2, 0.25) is 0 Å². The highest BCUT2D eigenvalue weighted by atomic mass is 16.5. The number of carbonyl (C=O) groups is 1. The fourth-order valence-corrected chi connectivity index (χ4v) is 1.17. The maximum absolute atomic E-state index is 11.2. The second kappa shape index (κ2) is 6.74. The van der Waals surface area contributed by atoms with Gasteiger partial charge in [-0.2, -0.15) is 0 Å². The molecule has 0 aliphatic carbocycles. The summed E-state index contributed by atoms with van der Waals surface area (Å²) in [6, 6.07) is 3.84. The van der Waals surface area contributed by atoms with Crippen LogP contribution in [0.1, 0.15) is 12.5 Å². The van der Waals surface area contributed by atoms with Crippen molar-refractivity contribution in [2.24, 2.45) is 0 Å². The second-order valence-corrected chi connectivity index (χ2v) is 3.29. The Bertz CT molecular complexity index is 349. The van der Waals surface area contributed by atoms with Crippen LogP contribution in [-0.2, 0) is 16.1 Å². The zero-order valence-electron chi connectivity index (χ0n) is 9.40. The van der Waals surface area contributed by atoms with Crippen LogP contribution in [0.25, 0.3) is 0 Å². The van der Waals surface area contributed by atoms with Crippen molar-refractivity contribution >= 4 is 5.97 Å². The third-order valence-corrected chi connectivity index (χ3v) is 1.95. The summed E-state index contributed by atoms with van der Waals surface area (Å²) in [5, 5.41) is 3.10. The molecule has 1 aromatic heterocycles. The molecule has 0 aliphatic heterocycles. The van der Waals surface area contributed by atoms with E-state index in [2.05, 4.69) is 16.9 Å². The molecule has 0 aromatic carbocycles. The minimum atomic E-state index is -0.346. The minimum Gasteiger partial charge on any atom is -0.463 e. The molecule has 0 saturated heterocycles. The summed E-state index contributed by atoms with van der Waals surface area (Å²) in [4.78, 5) is 15.2. The molecule has 0 bridgehead atoms. The molecule has 1 N–H and O–H groups in total. The lowest BCUT2D eigenvalue weighted by Gasteiger charge is -2.06. The van der Waals surface area contributed by atoms with E-state index < -0.39 is 0 Å². The van der Waals surface area contributed by atoms with Crippen LogP contribution in [0.2, 0.25) is 0 Å². The van der Waals surface area contributed by atoms with Crippen molar-refractivity contribution in [2.45, 2.75) is 13.5 Å². The predicted molar refractivity (Wildman–Crippen MR) is 61.7 cm³/mol. The summed E-state index contributed by atoms with van der Waals surface area (Å²) in [5.74, 6) is -0.346. The molecule has 86 valence electrons. The molecule has 0 radical (unpaired) electrons. The van der Waals surface area contributed by atoms with Gasteiger partial charge in [0.25, 0.3) is 0 Å². The first kappa shape index (κ1) is 12.4. The van der Waals surface area contributed by atoms with E-state index in [9.17, 15) is 4.79 Å². The molecule has 4 heteroatoms. The molecule has 0 aliphatic rings. The fraction of sp³-hybridized carbons (Fsp3) is 0.333. The van der Waals surface area contributed by atoms with Crippen LogP contribution in [0.3, 0.4) is 0 Å². The van der Waals surface area contributed by atoms with Gasteiger partial charge in [0, 0.05) is 31.1 Å². The van der Waals surface area contributed by atoms with Crippen molar-refractivity contribution in [3.8, 4) is 0 Å². The lowest BCUT2D eigenvalue weighted by molar-refractivity contribution is -0.138. The summed E-state index contributed by atoms with van der Waals surface area (Å²) < 4.78 is 4.82. The normalized spacial score (nSPS) is 9.81. The van der Waals surface area contributed by atoms with Crippen LogP contribution in [0.5, 0.6) is 0 Å². The third kappa shape index (κ3) is 4.23. The molecule has 0 amide bonds. The highest BCUT2D eigenvalue weighted by Crippen LogP contribution is 1.96. The Hall–Kier alpha value is -1.68. The van der Waals surface area contributed by atoms with Crippen LogP contribution < -0.4 is 5.32 Å². The van der Waals surface area contributed by atoms with Gasteiger partial charge in [-0.15, -0.1) is 0 Å². The van der Waals surface area contributed by atoms with Crippen molar-refractivity contribution < 1.29 is 9.53 Å². The molecular weight excluding hydrogens is 204 g/mol. The number of nitrogens with zero attached hydrogens (tertiary/aromatic N) is 1. The van der Waals surface area contributed by atoms with Crippen molar-refractivity contribution in [2.75, 3.05) is 13.2 Å². The standard InChI is InChI=1S/C12H16N2O2/c1-3-16-12(15)10(2)7-14-9-11-5-4-6-13-8-11/h4-6,8,14H,2-3,7,9H2,1H3. The molecule has 0 atom stereocenters. The second-order valence-electron chi connectivity index (χ2n) is 3.29. The Morgan fingerprint density at radius 2 is 2.44 bits per heavy atom. The van der Waals surface area contributed by atoms with E-state index in [1.807, 2.05) is 12.1 Å². The number of rotatable bonds is 6. The molecule has 0 saturated carbocycles. The lowest BCUT2D eigenvalue weighted by Crippen LogP contribution is -2.21. The summed E-state index contributed by atoms with van der Waals surface area (Å²) in [5.41, 5.74) is 1.50. The molecule has 0 unspecified atom stereocenters. The van der Waals surface area contributed by atoms with E-state index in [4.69, 9.17) is 4.74 Å². The van der Waals surface area contributed by atoms with E-state index in [1.54, 1.807) is 19.3 Å². The zero-order valence-corrected chi connectivity index (χ0v) is 9.40. The number of esters is 1. The maximum atomic E-state index is 11.2. The first-order valence-corrected chi connectivity index (χ1v) is 5.18. The molecule has 4 nitrogen and oxygen atoms in total. The molecule has 1 rings (SSSR count). The summed E-state index contributed by atoms with van der Waals surface area (Å²) in [6.07, 6.45) is 3.50. The maximum Gasteiger partial charge on any atom is 0.334 e. The largest absolute Gasteiger partial charge is 0.463 e. The SMILES string of the molecule is C=C(CNCc1cccnc1)C(=O)OCC. The average molecular weight is 220 g/mol. The van der Waals surface area contributed by atoms with Crippen LogP contribution in [0.4, 0.5) is 0 Å². The third-order valence-electron chi connectivity index (χ3n) is 1.95. The van der Waals surface area contributed by atoms with E-state index >= 15 is 0 Å². The monoisotopic (exact) mass is 220 g/mol. The first-order chi connectivity index (χ1) is 7.74. The van der Waals surface area contributed by atoms with Crippen LogP contribution in [-0.4, -0.2) is 24.1 Å². The van der Waals surface area contributed by atoms with Gasteiger partial charge in [-0.05, 0) is 18.6 Å². The van der Waals surface area contributed by atoms with E-state index in [0.29, 0.717) is 25.3 Å². The molecule has 0 fully saturated rings. The molecular formula is C12H16N2O2. The van der Waals surface area contributed by atoms with Gasteiger partial charge in [-0.1, -0.05) is 12.6 Å². The summed E-state index contributed by atoms with van der Waals surface area (Å²) >= 11 is 0. The average Bonchev–Trinajstić information content (AvgIpc) is 2.30. The Morgan fingerprint density at radius 1 is 1.62 bits per heavy atom. The van der Waals surface area contributed by atoms with Gasteiger partial charge < -0.3 is 10.1 Å².